The number of ether oxygens (including phenoxy) is 1. The molecule has 0 aliphatic carbocycles. The lowest BCUT2D eigenvalue weighted by Gasteiger charge is -2.12. The average Bonchev–Trinajstić information content (AvgIpc) is 2.63. The lowest BCUT2D eigenvalue weighted by molar-refractivity contribution is 0.242. The highest BCUT2D eigenvalue weighted by molar-refractivity contribution is 5.61. The fourth-order valence-corrected chi connectivity index (χ4v) is 2.48. The molecule has 1 heterocycles. The summed E-state index contributed by atoms with van der Waals surface area (Å²) in [5.74, 6) is 2.01. The number of hydrogen-bond acceptors (Lipinski definition) is 6. The first kappa shape index (κ1) is 18.2. The predicted octanol–water partition coefficient (Wildman–Crippen LogP) is 4.93. The Balaban J connectivity index is 1.73. The zero-order valence-electron chi connectivity index (χ0n) is 15.5. The Hall–Kier alpha value is -3.59. The van der Waals surface area contributed by atoms with E-state index in [2.05, 4.69) is 26.7 Å². The first-order valence-electron chi connectivity index (χ1n) is 8.68. The van der Waals surface area contributed by atoms with Crippen molar-refractivity contribution < 1.29 is 4.74 Å². The van der Waals surface area contributed by atoms with Crippen molar-refractivity contribution in [2.45, 2.75) is 26.9 Å². The number of nitrogens with zero attached hydrogens (tertiary/aromatic N) is 3. The van der Waals surface area contributed by atoms with Gasteiger partial charge in [-0.2, -0.15) is 10.2 Å². The molecular weight excluding hydrogens is 338 g/mol. The Morgan fingerprint density at radius 3 is 2.19 bits per heavy atom. The Labute approximate surface area is 158 Å². The highest BCUT2D eigenvalue weighted by Crippen LogP contribution is 2.22. The molecule has 3 aromatic rings. The van der Waals surface area contributed by atoms with Crippen LogP contribution in [-0.4, -0.2) is 16.1 Å². The van der Waals surface area contributed by atoms with Crippen LogP contribution in [0.5, 0.6) is 5.75 Å². The summed E-state index contributed by atoms with van der Waals surface area (Å²) in [6, 6.07) is 18.9. The molecule has 6 nitrogen and oxygen atoms in total. The third kappa shape index (κ3) is 5.19. The van der Waals surface area contributed by atoms with E-state index in [4.69, 9.17) is 10.00 Å². The molecular formula is C21H21N5O. The van der Waals surface area contributed by atoms with Gasteiger partial charge in [0.05, 0.1) is 17.7 Å². The SMILES string of the molecule is Cc1cc(Nc2ccc(OC(C)C)cc2)nc(Nc2ccc(C#N)cc2)n1. The van der Waals surface area contributed by atoms with Gasteiger partial charge in [0, 0.05) is 23.1 Å². The average molecular weight is 359 g/mol. The van der Waals surface area contributed by atoms with Gasteiger partial charge in [-0.05, 0) is 69.3 Å². The molecule has 0 bridgehead atoms. The van der Waals surface area contributed by atoms with E-state index in [-0.39, 0.29) is 6.10 Å². The molecule has 0 saturated heterocycles. The van der Waals surface area contributed by atoms with Gasteiger partial charge >= 0.3 is 0 Å². The second kappa shape index (κ2) is 8.19. The van der Waals surface area contributed by atoms with Gasteiger partial charge in [-0.1, -0.05) is 0 Å². The minimum absolute atomic E-state index is 0.143. The van der Waals surface area contributed by atoms with Gasteiger partial charge in [0.2, 0.25) is 5.95 Å². The summed E-state index contributed by atoms with van der Waals surface area (Å²) in [6.45, 7) is 5.91. The van der Waals surface area contributed by atoms with Crippen LogP contribution >= 0.6 is 0 Å². The quantitative estimate of drug-likeness (QED) is 0.649. The van der Waals surface area contributed by atoms with Crippen LogP contribution in [0.4, 0.5) is 23.1 Å². The second-order valence-electron chi connectivity index (χ2n) is 6.35. The van der Waals surface area contributed by atoms with E-state index in [0.29, 0.717) is 17.3 Å². The summed E-state index contributed by atoms with van der Waals surface area (Å²) in [5, 5.41) is 15.3. The summed E-state index contributed by atoms with van der Waals surface area (Å²) in [6.07, 6.45) is 0.143. The molecule has 0 amide bonds. The minimum atomic E-state index is 0.143. The molecule has 0 radical (unpaired) electrons. The molecule has 136 valence electrons. The second-order valence-corrected chi connectivity index (χ2v) is 6.35. The number of aromatic nitrogens is 2. The van der Waals surface area contributed by atoms with E-state index in [9.17, 15) is 0 Å². The van der Waals surface area contributed by atoms with Gasteiger partial charge in [0.15, 0.2) is 0 Å². The molecule has 2 aromatic carbocycles. The number of anilines is 4. The van der Waals surface area contributed by atoms with Gasteiger partial charge in [-0.3, -0.25) is 0 Å². The van der Waals surface area contributed by atoms with Crippen LogP contribution in [0.3, 0.4) is 0 Å². The maximum atomic E-state index is 8.88. The molecule has 3 rings (SSSR count). The maximum Gasteiger partial charge on any atom is 0.229 e. The zero-order chi connectivity index (χ0) is 19.2. The molecule has 6 heteroatoms. The third-order valence-corrected chi connectivity index (χ3v) is 3.62. The molecule has 0 aliphatic heterocycles. The molecule has 0 spiro atoms. The summed E-state index contributed by atoms with van der Waals surface area (Å²) in [4.78, 5) is 8.92. The van der Waals surface area contributed by atoms with Crippen LogP contribution in [-0.2, 0) is 0 Å². The molecule has 0 aliphatic rings. The van der Waals surface area contributed by atoms with Gasteiger partial charge in [0.25, 0.3) is 0 Å². The Bertz CT molecular complexity index is 944. The topological polar surface area (TPSA) is 82.9 Å². The molecule has 27 heavy (non-hydrogen) atoms. The van der Waals surface area contributed by atoms with E-state index in [0.717, 1.165) is 22.8 Å². The molecule has 0 fully saturated rings. The maximum absolute atomic E-state index is 8.88. The summed E-state index contributed by atoms with van der Waals surface area (Å²) in [5.41, 5.74) is 3.18. The lowest BCUT2D eigenvalue weighted by Crippen LogP contribution is -2.05. The summed E-state index contributed by atoms with van der Waals surface area (Å²) >= 11 is 0. The van der Waals surface area contributed by atoms with Crippen LogP contribution in [0.2, 0.25) is 0 Å². The lowest BCUT2D eigenvalue weighted by atomic mass is 10.2. The first-order chi connectivity index (χ1) is 13.0. The van der Waals surface area contributed by atoms with Gasteiger partial charge < -0.3 is 15.4 Å². The van der Waals surface area contributed by atoms with Crippen molar-refractivity contribution in [3.63, 3.8) is 0 Å². The molecule has 1 aromatic heterocycles. The zero-order valence-corrected chi connectivity index (χ0v) is 15.5. The van der Waals surface area contributed by atoms with Crippen molar-refractivity contribution in [2.75, 3.05) is 10.6 Å². The van der Waals surface area contributed by atoms with E-state index < -0.39 is 0 Å². The number of nitriles is 1. The van der Waals surface area contributed by atoms with Crippen molar-refractivity contribution in [1.82, 2.24) is 9.97 Å². The Kier molecular flexibility index (Phi) is 5.53. The fourth-order valence-electron chi connectivity index (χ4n) is 2.48. The first-order valence-corrected chi connectivity index (χ1v) is 8.68. The van der Waals surface area contributed by atoms with E-state index >= 15 is 0 Å². The molecule has 2 N–H and O–H groups in total. The van der Waals surface area contributed by atoms with E-state index in [1.807, 2.05) is 63.2 Å². The number of benzene rings is 2. The van der Waals surface area contributed by atoms with Crippen molar-refractivity contribution in [3.8, 4) is 11.8 Å². The van der Waals surface area contributed by atoms with Gasteiger partial charge in [-0.15, -0.1) is 0 Å². The van der Waals surface area contributed by atoms with Crippen LogP contribution < -0.4 is 15.4 Å². The predicted molar refractivity (Wildman–Crippen MR) is 107 cm³/mol. The van der Waals surface area contributed by atoms with Crippen LogP contribution in [0.15, 0.2) is 54.6 Å². The minimum Gasteiger partial charge on any atom is -0.491 e. The normalized spacial score (nSPS) is 10.3. The van der Waals surface area contributed by atoms with E-state index in [1.54, 1.807) is 12.1 Å². The van der Waals surface area contributed by atoms with Crippen LogP contribution in [0.25, 0.3) is 0 Å². The highest BCUT2D eigenvalue weighted by Gasteiger charge is 2.05. The van der Waals surface area contributed by atoms with Gasteiger partial charge in [0.1, 0.15) is 11.6 Å². The van der Waals surface area contributed by atoms with Gasteiger partial charge in [-0.25, -0.2) is 4.98 Å². The number of hydrogen-bond donors (Lipinski definition) is 2. The number of aryl methyl sites for hydroxylation is 1. The largest absolute Gasteiger partial charge is 0.491 e. The molecule has 0 atom stereocenters. The molecule has 0 saturated carbocycles. The third-order valence-electron chi connectivity index (χ3n) is 3.62. The standard InChI is InChI=1S/C21H21N5O/c1-14(2)27-19-10-8-17(9-11-19)24-20-12-15(3)23-21(26-20)25-18-6-4-16(13-22)5-7-18/h4-12,14H,1-3H3,(H2,23,24,25,26). The van der Waals surface area contributed by atoms with Crippen molar-refractivity contribution in [3.05, 3.63) is 65.9 Å². The fraction of sp³-hybridized carbons (Fsp3) is 0.190. The molecule has 0 unspecified atom stereocenters. The van der Waals surface area contributed by atoms with Crippen LogP contribution in [0, 0.1) is 18.3 Å². The van der Waals surface area contributed by atoms with Crippen LogP contribution in [0.1, 0.15) is 25.1 Å². The number of nitrogens with one attached hydrogen (secondary N) is 2. The van der Waals surface area contributed by atoms with Crippen molar-refractivity contribution in [1.29, 1.82) is 5.26 Å². The smallest absolute Gasteiger partial charge is 0.229 e. The summed E-state index contributed by atoms with van der Waals surface area (Å²) < 4.78 is 5.66. The van der Waals surface area contributed by atoms with Crippen molar-refractivity contribution >= 4 is 23.1 Å². The highest BCUT2D eigenvalue weighted by atomic mass is 16.5. The van der Waals surface area contributed by atoms with Crippen molar-refractivity contribution in [2.24, 2.45) is 0 Å². The monoisotopic (exact) mass is 359 g/mol. The summed E-state index contributed by atoms with van der Waals surface area (Å²) in [7, 11) is 0. The Morgan fingerprint density at radius 1 is 0.926 bits per heavy atom. The number of rotatable bonds is 6. The Morgan fingerprint density at radius 2 is 1.56 bits per heavy atom. The van der Waals surface area contributed by atoms with E-state index in [1.165, 1.54) is 0 Å².